The van der Waals surface area contributed by atoms with Crippen molar-refractivity contribution in [1.29, 1.82) is 0 Å². The van der Waals surface area contributed by atoms with E-state index in [0.29, 0.717) is 19.4 Å². The van der Waals surface area contributed by atoms with Crippen LogP contribution in [0.15, 0.2) is 72.9 Å². The van der Waals surface area contributed by atoms with Crippen LogP contribution in [0, 0.1) is 0 Å². The molecule has 0 amide bonds. The Balaban J connectivity index is 4.29. The van der Waals surface area contributed by atoms with Crippen molar-refractivity contribution in [2.45, 2.75) is 245 Å². The summed E-state index contributed by atoms with van der Waals surface area (Å²) in [5.74, 6) is -0.420. The third-order valence-corrected chi connectivity index (χ3v) is 10.7. The van der Waals surface area contributed by atoms with Gasteiger partial charge in [0.15, 0.2) is 6.10 Å². The summed E-state index contributed by atoms with van der Waals surface area (Å²) in [7, 11) is 0. The van der Waals surface area contributed by atoms with Gasteiger partial charge in [-0.25, -0.2) is 0 Å². The van der Waals surface area contributed by atoms with Crippen LogP contribution >= 0.6 is 0 Å². The van der Waals surface area contributed by atoms with Crippen LogP contribution in [-0.2, 0) is 23.8 Å². The number of allylic oxidation sites excluding steroid dienone is 12. The molecule has 0 aliphatic heterocycles. The highest BCUT2D eigenvalue weighted by Gasteiger charge is 2.17. The van der Waals surface area contributed by atoms with Crippen molar-refractivity contribution < 1.29 is 23.8 Å². The Morgan fingerprint density at radius 3 is 1.23 bits per heavy atom. The van der Waals surface area contributed by atoms with Crippen molar-refractivity contribution in [2.75, 3.05) is 19.8 Å². The lowest BCUT2D eigenvalue weighted by Crippen LogP contribution is -2.30. The standard InChI is InChI=1S/C55H96O5/c1-4-7-10-13-16-19-22-24-25-26-27-28-29-30-32-35-38-41-44-47-50-58-51-53(60-55(57)49-46-43-40-37-33-21-18-15-12-9-6-3)52-59-54(56)48-45-42-39-36-34-31-23-20-17-14-11-8-5-2/h7,10,16,19-20,23-25,27-28,30,32,53H,4-6,8-9,11-15,17-18,21-22,26,29,31,33-52H2,1-3H3/b10-7-,19-16-,23-20-,25-24-,28-27-,32-30-. The summed E-state index contributed by atoms with van der Waals surface area (Å²) in [6.07, 6.45) is 64.8. The first-order chi connectivity index (χ1) is 29.6. The van der Waals surface area contributed by atoms with E-state index < -0.39 is 6.10 Å². The molecule has 0 rings (SSSR count). The Hall–Kier alpha value is -2.66. The molecule has 0 aromatic carbocycles. The molecule has 0 aliphatic carbocycles. The van der Waals surface area contributed by atoms with Crippen LogP contribution < -0.4 is 0 Å². The number of carbonyl (C=O) groups is 2. The number of carbonyl (C=O) groups excluding carboxylic acids is 2. The van der Waals surface area contributed by atoms with Gasteiger partial charge in [-0.1, -0.05) is 209 Å². The monoisotopic (exact) mass is 837 g/mol. The molecule has 0 aromatic rings. The maximum Gasteiger partial charge on any atom is 0.306 e. The Morgan fingerprint density at radius 1 is 0.383 bits per heavy atom. The fourth-order valence-corrected chi connectivity index (χ4v) is 6.94. The molecule has 0 bridgehead atoms. The average Bonchev–Trinajstić information content (AvgIpc) is 3.25. The van der Waals surface area contributed by atoms with E-state index in [-0.39, 0.29) is 25.2 Å². The molecular weight excluding hydrogens is 741 g/mol. The van der Waals surface area contributed by atoms with Crippen LogP contribution in [0.25, 0.3) is 0 Å². The molecule has 5 nitrogen and oxygen atoms in total. The van der Waals surface area contributed by atoms with E-state index in [9.17, 15) is 9.59 Å². The first-order valence-corrected chi connectivity index (χ1v) is 25.5. The molecule has 0 spiro atoms. The van der Waals surface area contributed by atoms with Crippen molar-refractivity contribution >= 4 is 11.9 Å². The zero-order valence-electron chi connectivity index (χ0n) is 39.7. The molecule has 1 atom stereocenters. The minimum absolute atomic E-state index is 0.0703. The lowest BCUT2D eigenvalue weighted by molar-refractivity contribution is -0.163. The molecule has 0 fully saturated rings. The Kier molecular flexibility index (Phi) is 48.4. The summed E-state index contributed by atoms with van der Waals surface area (Å²) < 4.78 is 17.4. The van der Waals surface area contributed by atoms with Gasteiger partial charge in [-0.3, -0.25) is 9.59 Å². The molecule has 60 heavy (non-hydrogen) atoms. The van der Waals surface area contributed by atoms with Gasteiger partial charge in [-0.05, 0) is 89.9 Å². The average molecular weight is 837 g/mol. The van der Waals surface area contributed by atoms with E-state index in [4.69, 9.17) is 14.2 Å². The van der Waals surface area contributed by atoms with E-state index in [1.54, 1.807) is 0 Å². The predicted octanol–water partition coefficient (Wildman–Crippen LogP) is 17.1. The molecule has 0 heterocycles. The zero-order valence-corrected chi connectivity index (χ0v) is 39.7. The fraction of sp³-hybridized carbons (Fsp3) is 0.745. The summed E-state index contributed by atoms with van der Waals surface area (Å²) in [5.41, 5.74) is 0. The minimum Gasteiger partial charge on any atom is -0.462 e. The number of hydrogen-bond donors (Lipinski definition) is 0. The molecule has 1 unspecified atom stereocenters. The highest BCUT2D eigenvalue weighted by atomic mass is 16.6. The second-order valence-electron chi connectivity index (χ2n) is 16.7. The van der Waals surface area contributed by atoms with Crippen molar-refractivity contribution in [3.05, 3.63) is 72.9 Å². The highest BCUT2D eigenvalue weighted by Crippen LogP contribution is 2.14. The van der Waals surface area contributed by atoms with Crippen LogP contribution in [-0.4, -0.2) is 37.9 Å². The number of rotatable bonds is 46. The van der Waals surface area contributed by atoms with Gasteiger partial charge >= 0.3 is 11.9 Å². The second-order valence-corrected chi connectivity index (χ2v) is 16.7. The van der Waals surface area contributed by atoms with E-state index in [1.807, 2.05) is 0 Å². The van der Waals surface area contributed by atoms with Crippen molar-refractivity contribution in [3.63, 3.8) is 0 Å². The zero-order chi connectivity index (χ0) is 43.5. The van der Waals surface area contributed by atoms with E-state index in [0.717, 1.165) is 89.9 Å². The first kappa shape index (κ1) is 57.3. The third-order valence-electron chi connectivity index (χ3n) is 10.7. The van der Waals surface area contributed by atoms with Gasteiger partial charge in [0.05, 0.1) is 6.61 Å². The molecule has 0 saturated heterocycles. The van der Waals surface area contributed by atoms with Gasteiger partial charge < -0.3 is 14.2 Å². The number of unbranched alkanes of at least 4 members (excludes halogenated alkanes) is 23. The van der Waals surface area contributed by atoms with Crippen LogP contribution in [0.5, 0.6) is 0 Å². The summed E-state index contributed by atoms with van der Waals surface area (Å²) in [4.78, 5) is 25.3. The lowest BCUT2D eigenvalue weighted by atomic mass is 10.1. The highest BCUT2D eigenvalue weighted by molar-refractivity contribution is 5.70. The smallest absolute Gasteiger partial charge is 0.306 e. The quantitative estimate of drug-likeness (QED) is 0.0347. The van der Waals surface area contributed by atoms with Gasteiger partial charge in [0.1, 0.15) is 6.61 Å². The van der Waals surface area contributed by atoms with Gasteiger partial charge in [-0.2, -0.15) is 0 Å². The molecule has 0 radical (unpaired) electrons. The fourth-order valence-electron chi connectivity index (χ4n) is 6.94. The molecule has 5 heteroatoms. The molecule has 346 valence electrons. The van der Waals surface area contributed by atoms with Crippen LogP contribution in [0.3, 0.4) is 0 Å². The lowest BCUT2D eigenvalue weighted by Gasteiger charge is -2.18. The number of ether oxygens (including phenoxy) is 3. The van der Waals surface area contributed by atoms with Gasteiger partial charge in [-0.15, -0.1) is 0 Å². The summed E-state index contributed by atoms with van der Waals surface area (Å²) >= 11 is 0. The van der Waals surface area contributed by atoms with E-state index >= 15 is 0 Å². The normalized spacial score (nSPS) is 12.8. The Labute approximate surface area is 372 Å². The van der Waals surface area contributed by atoms with Crippen molar-refractivity contribution in [3.8, 4) is 0 Å². The first-order valence-electron chi connectivity index (χ1n) is 25.5. The maximum atomic E-state index is 12.8. The number of hydrogen-bond acceptors (Lipinski definition) is 5. The van der Waals surface area contributed by atoms with Crippen molar-refractivity contribution in [2.24, 2.45) is 0 Å². The van der Waals surface area contributed by atoms with Crippen LogP contribution in [0.2, 0.25) is 0 Å². The summed E-state index contributed by atoms with van der Waals surface area (Å²) in [6.45, 7) is 7.64. The predicted molar refractivity (Wildman–Crippen MR) is 260 cm³/mol. The molecular formula is C55H96O5. The van der Waals surface area contributed by atoms with E-state index in [2.05, 4.69) is 93.7 Å². The molecule has 0 aliphatic rings. The molecule has 0 aromatic heterocycles. The van der Waals surface area contributed by atoms with E-state index in [1.165, 1.54) is 116 Å². The van der Waals surface area contributed by atoms with Gasteiger partial charge in [0.25, 0.3) is 0 Å². The van der Waals surface area contributed by atoms with Crippen molar-refractivity contribution in [1.82, 2.24) is 0 Å². The molecule has 0 N–H and O–H groups in total. The maximum absolute atomic E-state index is 12.8. The Bertz CT molecular complexity index is 1080. The largest absolute Gasteiger partial charge is 0.462 e. The molecule has 0 saturated carbocycles. The van der Waals surface area contributed by atoms with Crippen LogP contribution in [0.4, 0.5) is 0 Å². The Morgan fingerprint density at radius 2 is 0.750 bits per heavy atom. The summed E-state index contributed by atoms with van der Waals surface area (Å²) in [6, 6.07) is 0. The SMILES string of the molecule is CC/C=C\C/C=C\C/C=C\C/C=C\C/C=C\CCCCCCOCC(COC(=O)CCCCCCC/C=C\CCCCCC)OC(=O)CCCCCCCCCCCCC. The number of esters is 2. The third kappa shape index (κ3) is 48.0. The van der Waals surface area contributed by atoms with Gasteiger partial charge in [0.2, 0.25) is 0 Å². The van der Waals surface area contributed by atoms with Gasteiger partial charge in [0, 0.05) is 19.4 Å². The second kappa shape index (κ2) is 50.7. The minimum atomic E-state index is -0.552. The topological polar surface area (TPSA) is 61.8 Å². The summed E-state index contributed by atoms with van der Waals surface area (Å²) in [5, 5.41) is 0. The van der Waals surface area contributed by atoms with Crippen LogP contribution in [0.1, 0.15) is 239 Å².